The minimum atomic E-state index is 0.830. The minimum absolute atomic E-state index is 0.830. The van der Waals surface area contributed by atoms with Gasteiger partial charge in [-0.25, -0.2) is 0 Å². The van der Waals surface area contributed by atoms with Gasteiger partial charge in [0.05, 0.1) is 0 Å². The van der Waals surface area contributed by atoms with Crippen LogP contribution < -0.4 is 0 Å². The Morgan fingerprint density at radius 2 is 2.14 bits per heavy atom. The van der Waals surface area contributed by atoms with Crippen LogP contribution in [0.2, 0.25) is 0 Å². The van der Waals surface area contributed by atoms with E-state index in [2.05, 4.69) is 39.0 Å². The lowest BCUT2D eigenvalue weighted by Crippen LogP contribution is -2.18. The molecule has 1 saturated carbocycles. The molecular formula is C14H22. The molecule has 2 aliphatic rings. The normalized spacial score (nSPS) is 36.9. The maximum atomic E-state index is 2.40. The molecule has 3 atom stereocenters. The van der Waals surface area contributed by atoms with Crippen molar-refractivity contribution in [1.82, 2.24) is 0 Å². The standard InChI is InChI=1S/C14H22/c1-10(2)13-7-5-4-6-12-8-11(3)9-14(12)13/h4-6,10-11,13-14H,7-9H2,1-3H3. The highest BCUT2D eigenvalue weighted by molar-refractivity contribution is 5.23. The van der Waals surface area contributed by atoms with Gasteiger partial charge in [-0.05, 0) is 42.9 Å². The molecule has 0 aromatic rings. The van der Waals surface area contributed by atoms with Crippen molar-refractivity contribution in [3.63, 3.8) is 0 Å². The molecule has 0 aromatic carbocycles. The SMILES string of the molecule is CC1CC2=CC=CCC(C(C)C)C2C1. The molecule has 0 nitrogen and oxygen atoms in total. The van der Waals surface area contributed by atoms with Crippen LogP contribution in [0, 0.1) is 23.7 Å². The molecule has 0 aliphatic heterocycles. The summed E-state index contributed by atoms with van der Waals surface area (Å²) in [6.07, 6.45) is 11.1. The lowest BCUT2D eigenvalue weighted by molar-refractivity contribution is 0.284. The van der Waals surface area contributed by atoms with E-state index in [-0.39, 0.29) is 0 Å². The Labute approximate surface area is 88.1 Å². The van der Waals surface area contributed by atoms with Crippen LogP contribution in [-0.2, 0) is 0 Å². The molecule has 0 spiro atoms. The van der Waals surface area contributed by atoms with Crippen LogP contribution in [0.3, 0.4) is 0 Å². The number of hydrogen-bond acceptors (Lipinski definition) is 0. The first-order valence-electron chi connectivity index (χ1n) is 6.04. The van der Waals surface area contributed by atoms with Crippen molar-refractivity contribution >= 4 is 0 Å². The van der Waals surface area contributed by atoms with Gasteiger partial charge in [-0.1, -0.05) is 44.6 Å². The Bertz CT molecular complexity index is 257. The van der Waals surface area contributed by atoms with Crippen molar-refractivity contribution < 1.29 is 0 Å². The second-order valence-electron chi connectivity index (χ2n) is 5.46. The predicted octanol–water partition coefficient (Wildman–Crippen LogP) is 4.19. The molecule has 0 heteroatoms. The summed E-state index contributed by atoms with van der Waals surface area (Å²) in [5.41, 5.74) is 1.73. The third kappa shape index (κ3) is 1.80. The zero-order chi connectivity index (χ0) is 10.1. The van der Waals surface area contributed by atoms with Crippen LogP contribution in [0.15, 0.2) is 23.8 Å². The van der Waals surface area contributed by atoms with Gasteiger partial charge in [-0.2, -0.15) is 0 Å². The van der Waals surface area contributed by atoms with E-state index in [1.807, 2.05) is 0 Å². The summed E-state index contributed by atoms with van der Waals surface area (Å²) in [4.78, 5) is 0. The predicted molar refractivity (Wildman–Crippen MR) is 62.1 cm³/mol. The molecule has 0 aromatic heterocycles. The van der Waals surface area contributed by atoms with Gasteiger partial charge in [0.1, 0.15) is 0 Å². The summed E-state index contributed by atoms with van der Waals surface area (Å²) in [5.74, 6) is 3.53. The van der Waals surface area contributed by atoms with Crippen molar-refractivity contribution in [1.29, 1.82) is 0 Å². The third-order valence-electron chi connectivity index (χ3n) is 3.94. The molecule has 0 bridgehead atoms. The molecule has 1 fully saturated rings. The molecule has 0 amide bonds. The van der Waals surface area contributed by atoms with Crippen LogP contribution in [-0.4, -0.2) is 0 Å². The van der Waals surface area contributed by atoms with Gasteiger partial charge in [0.15, 0.2) is 0 Å². The summed E-state index contributed by atoms with van der Waals surface area (Å²) < 4.78 is 0. The Morgan fingerprint density at radius 3 is 2.86 bits per heavy atom. The van der Waals surface area contributed by atoms with E-state index in [9.17, 15) is 0 Å². The number of rotatable bonds is 1. The van der Waals surface area contributed by atoms with E-state index in [1.165, 1.54) is 19.3 Å². The average Bonchev–Trinajstić information content (AvgIpc) is 2.35. The first kappa shape index (κ1) is 10.0. The first-order chi connectivity index (χ1) is 6.68. The largest absolute Gasteiger partial charge is 0.0842 e. The van der Waals surface area contributed by atoms with Crippen molar-refractivity contribution in [2.45, 2.75) is 40.0 Å². The molecule has 3 unspecified atom stereocenters. The number of hydrogen-bond donors (Lipinski definition) is 0. The van der Waals surface area contributed by atoms with Gasteiger partial charge in [0.2, 0.25) is 0 Å². The summed E-state index contributed by atoms with van der Waals surface area (Å²) in [7, 11) is 0. The van der Waals surface area contributed by atoms with E-state index in [4.69, 9.17) is 0 Å². The van der Waals surface area contributed by atoms with Crippen LogP contribution in [0.4, 0.5) is 0 Å². The summed E-state index contributed by atoms with van der Waals surface area (Å²) in [6.45, 7) is 7.16. The fraction of sp³-hybridized carbons (Fsp3) is 0.714. The smallest absolute Gasteiger partial charge is 0.0164 e. The van der Waals surface area contributed by atoms with Crippen molar-refractivity contribution in [3.8, 4) is 0 Å². The lowest BCUT2D eigenvalue weighted by atomic mass is 9.79. The molecule has 2 rings (SSSR count). The molecule has 0 saturated heterocycles. The zero-order valence-corrected chi connectivity index (χ0v) is 9.66. The van der Waals surface area contributed by atoms with Crippen molar-refractivity contribution in [3.05, 3.63) is 23.8 Å². The topological polar surface area (TPSA) is 0 Å². The summed E-state index contributed by atoms with van der Waals surface area (Å²) in [6, 6.07) is 0. The monoisotopic (exact) mass is 190 g/mol. The van der Waals surface area contributed by atoms with Crippen LogP contribution in [0.1, 0.15) is 40.0 Å². The van der Waals surface area contributed by atoms with Crippen LogP contribution >= 0.6 is 0 Å². The maximum absolute atomic E-state index is 2.40. The average molecular weight is 190 g/mol. The van der Waals surface area contributed by atoms with Crippen LogP contribution in [0.5, 0.6) is 0 Å². The minimum Gasteiger partial charge on any atom is -0.0842 e. The number of allylic oxidation sites excluding steroid dienone is 4. The van der Waals surface area contributed by atoms with Crippen molar-refractivity contribution in [2.24, 2.45) is 23.7 Å². The van der Waals surface area contributed by atoms with Gasteiger partial charge in [0, 0.05) is 0 Å². The van der Waals surface area contributed by atoms with Gasteiger partial charge < -0.3 is 0 Å². The molecule has 2 aliphatic carbocycles. The van der Waals surface area contributed by atoms with Crippen LogP contribution in [0.25, 0.3) is 0 Å². The Kier molecular flexibility index (Phi) is 2.80. The van der Waals surface area contributed by atoms with Gasteiger partial charge in [-0.3, -0.25) is 0 Å². The lowest BCUT2D eigenvalue weighted by Gasteiger charge is -2.26. The zero-order valence-electron chi connectivity index (χ0n) is 9.66. The molecule has 0 heterocycles. The van der Waals surface area contributed by atoms with E-state index < -0.39 is 0 Å². The highest BCUT2D eigenvalue weighted by Crippen LogP contribution is 2.44. The number of fused-ring (bicyclic) bond motifs is 1. The molecule has 0 N–H and O–H groups in total. The van der Waals surface area contributed by atoms with Gasteiger partial charge >= 0.3 is 0 Å². The maximum Gasteiger partial charge on any atom is -0.0164 e. The third-order valence-corrected chi connectivity index (χ3v) is 3.94. The second-order valence-corrected chi connectivity index (χ2v) is 5.46. The van der Waals surface area contributed by atoms with Crippen molar-refractivity contribution in [2.75, 3.05) is 0 Å². The van der Waals surface area contributed by atoms with E-state index in [1.54, 1.807) is 5.57 Å². The molecule has 0 radical (unpaired) electrons. The fourth-order valence-corrected chi connectivity index (χ4v) is 3.19. The highest BCUT2D eigenvalue weighted by Gasteiger charge is 2.33. The molecule has 14 heavy (non-hydrogen) atoms. The van der Waals surface area contributed by atoms with E-state index >= 15 is 0 Å². The van der Waals surface area contributed by atoms with Gasteiger partial charge in [-0.15, -0.1) is 0 Å². The molecule has 78 valence electrons. The highest BCUT2D eigenvalue weighted by atomic mass is 14.4. The van der Waals surface area contributed by atoms with E-state index in [0.717, 1.165) is 23.7 Å². The van der Waals surface area contributed by atoms with Gasteiger partial charge in [0.25, 0.3) is 0 Å². The molecular weight excluding hydrogens is 168 g/mol. The Balaban J connectivity index is 2.21. The van der Waals surface area contributed by atoms with E-state index in [0.29, 0.717) is 0 Å². The quantitative estimate of drug-likeness (QED) is 0.581. The Hall–Kier alpha value is -0.520. The fourth-order valence-electron chi connectivity index (χ4n) is 3.19. The summed E-state index contributed by atoms with van der Waals surface area (Å²) in [5, 5.41) is 0. The second kappa shape index (κ2) is 3.92. The Morgan fingerprint density at radius 1 is 1.36 bits per heavy atom. The summed E-state index contributed by atoms with van der Waals surface area (Å²) >= 11 is 0. The first-order valence-corrected chi connectivity index (χ1v) is 6.04.